The van der Waals surface area contributed by atoms with E-state index in [9.17, 15) is 0 Å². The van der Waals surface area contributed by atoms with Crippen molar-refractivity contribution >= 4 is 0 Å². The average molecular weight is 288 g/mol. The molecule has 21 heavy (non-hydrogen) atoms. The Morgan fingerprint density at radius 3 is 2.86 bits per heavy atom. The molecule has 0 bridgehead atoms. The van der Waals surface area contributed by atoms with Gasteiger partial charge in [-0.2, -0.15) is 0 Å². The number of hydrogen-bond acceptors (Lipinski definition) is 3. The quantitative estimate of drug-likeness (QED) is 0.909. The molecule has 3 rings (SSSR count). The molecule has 0 aromatic heterocycles. The van der Waals surface area contributed by atoms with Crippen LogP contribution in [0.15, 0.2) is 24.3 Å². The van der Waals surface area contributed by atoms with E-state index in [-0.39, 0.29) is 0 Å². The first-order valence-electron chi connectivity index (χ1n) is 8.32. The molecule has 0 saturated heterocycles. The third kappa shape index (κ3) is 3.41. The highest BCUT2D eigenvalue weighted by molar-refractivity contribution is 5.33. The number of fused-ring (bicyclic) bond motifs is 1. The average Bonchev–Trinajstić information content (AvgIpc) is 2.64. The zero-order chi connectivity index (χ0) is 14.8. The van der Waals surface area contributed by atoms with Crippen LogP contribution in [0.4, 0.5) is 0 Å². The van der Waals surface area contributed by atoms with Crippen molar-refractivity contribution < 1.29 is 4.74 Å². The molecular weight excluding hydrogens is 260 g/mol. The van der Waals surface area contributed by atoms with Gasteiger partial charge in [0.05, 0.1) is 0 Å². The van der Waals surface area contributed by atoms with Crippen LogP contribution in [-0.4, -0.2) is 30.6 Å². The Hall–Kier alpha value is -1.06. The summed E-state index contributed by atoms with van der Waals surface area (Å²) in [5.74, 6) is 3.17. The first-order valence-corrected chi connectivity index (χ1v) is 8.32. The summed E-state index contributed by atoms with van der Waals surface area (Å²) in [7, 11) is 0. The number of para-hydroxylation sites is 1. The Morgan fingerprint density at radius 1 is 1.24 bits per heavy atom. The van der Waals surface area contributed by atoms with Gasteiger partial charge < -0.3 is 10.5 Å². The van der Waals surface area contributed by atoms with Crippen molar-refractivity contribution in [2.45, 2.75) is 39.3 Å². The van der Waals surface area contributed by atoms with Crippen LogP contribution in [-0.2, 0) is 6.54 Å². The van der Waals surface area contributed by atoms with Gasteiger partial charge in [0.25, 0.3) is 0 Å². The SMILES string of the molecule is CC1CC(C)C(CN2CCOc3ccccc3C2)C(N)C1. The van der Waals surface area contributed by atoms with Crippen molar-refractivity contribution in [3.05, 3.63) is 29.8 Å². The predicted molar refractivity (Wildman–Crippen MR) is 86.2 cm³/mol. The van der Waals surface area contributed by atoms with Crippen LogP contribution in [0.25, 0.3) is 0 Å². The molecule has 4 unspecified atom stereocenters. The fourth-order valence-corrected chi connectivity index (χ4v) is 4.12. The highest BCUT2D eigenvalue weighted by Crippen LogP contribution is 2.34. The van der Waals surface area contributed by atoms with Crippen molar-refractivity contribution in [2.24, 2.45) is 23.5 Å². The van der Waals surface area contributed by atoms with Gasteiger partial charge in [-0.15, -0.1) is 0 Å². The second-order valence-corrected chi connectivity index (χ2v) is 7.07. The maximum Gasteiger partial charge on any atom is 0.123 e. The van der Waals surface area contributed by atoms with Gasteiger partial charge in [0.15, 0.2) is 0 Å². The van der Waals surface area contributed by atoms with E-state index in [1.54, 1.807) is 0 Å². The van der Waals surface area contributed by atoms with Crippen molar-refractivity contribution in [1.29, 1.82) is 0 Å². The van der Waals surface area contributed by atoms with Gasteiger partial charge in [-0.05, 0) is 36.7 Å². The Balaban J connectivity index is 1.67. The lowest BCUT2D eigenvalue weighted by molar-refractivity contribution is 0.110. The van der Waals surface area contributed by atoms with E-state index in [2.05, 4.69) is 43.0 Å². The molecule has 116 valence electrons. The lowest BCUT2D eigenvalue weighted by Crippen LogP contribution is -2.46. The molecule has 4 atom stereocenters. The molecule has 0 radical (unpaired) electrons. The van der Waals surface area contributed by atoms with Crippen molar-refractivity contribution in [3.63, 3.8) is 0 Å². The van der Waals surface area contributed by atoms with Gasteiger partial charge in [-0.1, -0.05) is 32.0 Å². The van der Waals surface area contributed by atoms with E-state index in [4.69, 9.17) is 10.5 Å². The summed E-state index contributed by atoms with van der Waals surface area (Å²) in [4.78, 5) is 2.53. The van der Waals surface area contributed by atoms with E-state index in [0.717, 1.165) is 43.8 Å². The third-order valence-electron chi connectivity index (χ3n) is 5.23. The second kappa shape index (κ2) is 6.37. The fraction of sp³-hybridized carbons (Fsp3) is 0.667. The van der Waals surface area contributed by atoms with Gasteiger partial charge in [-0.25, -0.2) is 0 Å². The second-order valence-electron chi connectivity index (χ2n) is 7.07. The number of benzene rings is 1. The van der Waals surface area contributed by atoms with E-state index in [1.165, 1.54) is 18.4 Å². The van der Waals surface area contributed by atoms with Crippen molar-refractivity contribution in [2.75, 3.05) is 19.7 Å². The van der Waals surface area contributed by atoms with Gasteiger partial charge >= 0.3 is 0 Å². The van der Waals surface area contributed by atoms with Crippen molar-refractivity contribution in [3.8, 4) is 5.75 Å². The van der Waals surface area contributed by atoms with Crippen molar-refractivity contribution in [1.82, 2.24) is 4.90 Å². The first-order chi connectivity index (χ1) is 10.1. The monoisotopic (exact) mass is 288 g/mol. The molecule has 0 spiro atoms. The van der Waals surface area contributed by atoms with Crippen LogP contribution in [0.3, 0.4) is 0 Å². The summed E-state index contributed by atoms with van der Waals surface area (Å²) in [6.07, 6.45) is 2.50. The molecule has 2 aliphatic rings. The molecule has 2 N–H and O–H groups in total. The van der Waals surface area contributed by atoms with Gasteiger partial charge in [0.2, 0.25) is 0 Å². The van der Waals surface area contributed by atoms with E-state index in [0.29, 0.717) is 12.0 Å². The van der Waals surface area contributed by atoms with Crippen LogP contribution in [0.1, 0.15) is 32.3 Å². The number of rotatable bonds is 2. The first kappa shape index (κ1) is 14.9. The number of nitrogens with zero attached hydrogens (tertiary/aromatic N) is 1. The summed E-state index contributed by atoms with van der Waals surface area (Å²) in [6.45, 7) is 8.59. The number of ether oxygens (including phenoxy) is 1. The maximum absolute atomic E-state index is 6.45. The zero-order valence-corrected chi connectivity index (χ0v) is 13.3. The summed E-state index contributed by atoms with van der Waals surface area (Å²) in [6, 6.07) is 8.76. The van der Waals surface area contributed by atoms with Gasteiger partial charge in [-0.3, -0.25) is 4.90 Å². The minimum atomic E-state index is 0.350. The lowest BCUT2D eigenvalue weighted by Gasteiger charge is -2.40. The minimum absolute atomic E-state index is 0.350. The largest absolute Gasteiger partial charge is 0.492 e. The van der Waals surface area contributed by atoms with Crippen LogP contribution < -0.4 is 10.5 Å². The van der Waals surface area contributed by atoms with E-state index >= 15 is 0 Å². The van der Waals surface area contributed by atoms with Crippen LogP contribution >= 0.6 is 0 Å². The van der Waals surface area contributed by atoms with Crippen LogP contribution in [0.2, 0.25) is 0 Å². The molecule has 3 heteroatoms. The minimum Gasteiger partial charge on any atom is -0.492 e. The molecule has 1 aliphatic heterocycles. The number of hydrogen-bond donors (Lipinski definition) is 1. The van der Waals surface area contributed by atoms with Crippen LogP contribution in [0.5, 0.6) is 5.75 Å². The zero-order valence-electron chi connectivity index (χ0n) is 13.3. The molecule has 1 aromatic rings. The molecule has 1 fully saturated rings. The van der Waals surface area contributed by atoms with Gasteiger partial charge in [0.1, 0.15) is 12.4 Å². The van der Waals surface area contributed by atoms with Gasteiger partial charge in [0, 0.05) is 31.2 Å². The molecular formula is C18H28N2O. The maximum atomic E-state index is 6.45. The highest BCUT2D eigenvalue weighted by Gasteiger charge is 2.33. The molecule has 3 nitrogen and oxygen atoms in total. The summed E-state index contributed by atoms with van der Waals surface area (Å²) in [5.41, 5.74) is 7.76. The highest BCUT2D eigenvalue weighted by atomic mass is 16.5. The standard InChI is InChI=1S/C18H28N2O/c1-13-9-14(2)16(17(19)10-13)12-20-7-8-21-18-6-4-3-5-15(18)11-20/h3-6,13-14,16-17H,7-12,19H2,1-2H3. The topological polar surface area (TPSA) is 38.5 Å². The summed E-state index contributed by atoms with van der Waals surface area (Å²) < 4.78 is 5.87. The fourth-order valence-electron chi connectivity index (χ4n) is 4.12. The molecule has 1 aliphatic carbocycles. The molecule has 1 heterocycles. The van der Waals surface area contributed by atoms with E-state index < -0.39 is 0 Å². The normalized spacial score (nSPS) is 33.9. The Labute approximate surface area is 128 Å². The van der Waals surface area contributed by atoms with Crippen LogP contribution in [0, 0.1) is 17.8 Å². The third-order valence-corrected chi connectivity index (χ3v) is 5.23. The molecule has 1 aromatic carbocycles. The lowest BCUT2D eigenvalue weighted by atomic mass is 9.72. The Kier molecular flexibility index (Phi) is 4.51. The Bertz CT molecular complexity index is 464. The summed E-state index contributed by atoms with van der Waals surface area (Å²) in [5, 5.41) is 0. The number of nitrogens with two attached hydrogens (primary N) is 1. The molecule has 0 amide bonds. The predicted octanol–water partition coefficient (Wildman–Crippen LogP) is 2.89. The Morgan fingerprint density at radius 2 is 2.05 bits per heavy atom. The molecule has 1 saturated carbocycles. The van der Waals surface area contributed by atoms with E-state index in [1.807, 2.05) is 0 Å². The smallest absolute Gasteiger partial charge is 0.123 e. The summed E-state index contributed by atoms with van der Waals surface area (Å²) >= 11 is 0.